The van der Waals surface area contributed by atoms with Gasteiger partial charge in [-0.15, -0.1) is 0 Å². The molecule has 1 N–H and O–H groups in total. The first kappa shape index (κ1) is 11.8. The van der Waals surface area contributed by atoms with Crippen LogP contribution in [-0.4, -0.2) is 21.8 Å². The first-order chi connectivity index (χ1) is 8.11. The van der Waals surface area contributed by atoms with Crippen LogP contribution in [-0.2, 0) is 6.54 Å². The zero-order valence-electron chi connectivity index (χ0n) is 10.8. The number of rotatable bonds is 3. The van der Waals surface area contributed by atoms with Gasteiger partial charge in [-0.05, 0) is 45.0 Å². The Balaban J connectivity index is 2.58. The minimum Gasteiger partial charge on any atom is -0.316 e. The Morgan fingerprint density at radius 2 is 2.06 bits per heavy atom. The SMILES string of the molecule is CNCc1c(C)cc(C)nc1-n1cc(C)cn1. The van der Waals surface area contributed by atoms with Gasteiger partial charge in [0.2, 0.25) is 0 Å². The van der Waals surface area contributed by atoms with Gasteiger partial charge in [0.1, 0.15) is 0 Å². The largest absolute Gasteiger partial charge is 0.316 e. The zero-order valence-corrected chi connectivity index (χ0v) is 10.8. The quantitative estimate of drug-likeness (QED) is 0.876. The topological polar surface area (TPSA) is 42.7 Å². The van der Waals surface area contributed by atoms with Crippen LogP contribution in [0.3, 0.4) is 0 Å². The van der Waals surface area contributed by atoms with E-state index >= 15 is 0 Å². The minimum atomic E-state index is 0.799. The molecule has 0 saturated heterocycles. The Bertz CT molecular complexity index is 528. The van der Waals surface area contributed by atoms with Gasteiger partial charge in [-0.25, -0.2) is 9.67 Å². The maximum atomic E-state index is 4.60. The lowest BCUT2D eigenvalue weighted by molar-refractivity contribution is 0.761. The Hall–Kier alpha value is -1.68. The van der Waals surface area contributed by atoms with E-state index in [1.807, 2.05) is 38.0 Å². The molecule has 2 rings (SSSR count). The van der Waals surface area contributed by atoms with Gasteiger partial charge in [0.05, 0.1) is 6.20 Å². The van der Waals surface area contributed by atoms with Gasteiger partial charge in [0, 0.05) is 24.0 Å². The highest BCUT2D eigenvalue weighted by atomic mass is 15.3. The highest BCUT2D eigenvalue weighted by Crippen LogP contribution is 2.17. The number of nitrogens with one attached hydrogen (secondary N) is 1. The second-order valence-corrected chi connectivity index (χ2v) is 4.38. The predicted molar refractivity (Wildman–Crippen MR) is 68.3 cm³/mol. The summed E-state index contributed by atoms with van der Waals surface area (Å²) in [7, 11) is 1.94. The first-order valence-corrected chi connectivity index (χ1v) is 5.75. The summed E-state index contributed by atoms with van der Waals surface area (Å²) in [5, 5.41) is 7.52. The van der Waals surface area contributed by atoms with Crippen LogP contribution >= 0.6 is 0 Å². The van der Waals surface area contributed by atoms with Gasteiger partial charge < -0.3 is 5.32 Å². The molecule has 0 radical (unpaired) electrons. The molecule has 0 atom stereocenters. The molecule has 2 heterocycles. The number of pyridine rings is 1. The van der Waals surface area contributed by atoms with Crippen molar-refractivity contribution in [1.29, 1.82) is 0 Å². The third-order valence-corrected chi connectivity index (χ3v) is 2.74. The van der Waals surface area contributed by atoms with Crippen molar-refractivity contribution in [3.8, 4) is 5.82 Å². The number of aryl methyl sites for hydroxylation is 3. The van der Waals surface area contributed by atoms with Crippen LogP contribution in [0.5, 0.6) is 0 Å². The third-order valence-electron chi connectivity index (χ3n) is 2.74. The zero-order chi connectivity index (χ0) is 12.4. The molecule has 0 saturated carbocycles. The Morgan fingerprint density at radius 3 is 2.65 bits per heavy atom. The number of hydrogen-bond acceptors (Lipinski definition) is 3. The Morgan fingerprint density at radius 1 is 1.29 bits per heavy atom. The molecule has 0 aliphatic carbocycles. The highest BCUT2D eigenvalue weighted by molar-refractivity contribution is 5.41. The van der Waals surface area contributed by atoms with Crippen LogP contribution in [0.25, 0.3) is 5.82 Å². The Labute approximate surface area is 102 Å². The molecule has 4 nitrogen and oxygen atoms in total. The van der Waals surface area contributed by atoms with E-state index in [9.17, 15) is 0 Å². The summed E-state index contributed by atoms with van der Waals surface area (Å²) >= 11 is 0. The van der Waals surface area contributed by atoms with Gasteiger partial charge in [-0.1, -0.05) is 0 Å². The molecule has 0 amide bonds. The van der Waals surface area contributed by atoms with Gasteiger partial charge in [-0.2, -0.15) is 5.10 Å². The molecule has 0 spiro atoms. The molecule has 0 aromatic carbocycles. The lowest BCUT2D eigenvalue weighted by Crippen LogP contribution is -2.13. The highest BCUT2D eigenvalue weighted by Gasteiger charge is 2.10. The van der Waals surface area contributed by atoms with E-state index in [0.29, 0.717) is 0 Å². The lowest BCUT2D eigenvalue weighted by Gasteiger charge is -2.12. The molecule has 4 heteroatoms. The normalized spacial score (nSPS) is 10.8. The molecular formula is C13H18N4. The summed E-state index contributed by atoms with van der Waals surface area (Å²) in [5.41, 5.74) is 4.60. The summed E-state index contributed by atoms with van der Waals surface area (Å²) < 4.78 is 1.85. The van der Waals surface area contributed by atoms with Crippen LogP contribution in [0.1, 0.15) is 22.4 Å². The lowest BCUT2D eigenvalue weighted by atomic mass is 10.1. The molecular weight excluding hydrogens is 212 g/mol. The first-order valence-electron chi connectivity index (χ1n) is 5.75. The molecule has 2 aromatic rings. The smallest absolute Gasteiger partial charge is 0.158 e. The van der Waals surface area contributed by atoms with E-state index in [1.165, 1.54) is 11.1 Å². The van der Waals surface area contributed by atoms with Gasteiger partial charge >= 0.3 is 0 Å². The average molecular weight is 230 g/mol. The maximum absolute atomic E-state index is 4.60. The average Bonchev–Trinajstić information content (AvgIpc) is 2.68. The van der Waals surface area contributed by atoms with Gasteiger partial charge in [-0.3, -0.25) is 0 Å². The van der Waals surface area contributed by atoms with Gasteiger partial charge in [0.25, 0.3) is 0 Å². The molecule has 0 aliphatic heterocycles. The molecule has 0 fully saturated rings. The number of hydrogen-bond donors (Lipinski definition) is 1. The van der Waals surface area contributed by atoms with E-state index in [-0.39, 0.29) is 0 Å². The van der Waals surface area contributed by atoms with Gasteiger partial charge in [0.15, 0.2) is 5.82 Å². The Kier molecular flexibility index (Phi) is 3.24. The maximum Gasteiger partial charge on any atom is 0.158 e. The van der Waals surface area contributed by atoms with Crippen molar-refractivity contribution < 1.29 is 0 Å². The monoisotopic (exact) mass is 230 g/mol. The standard InChI is InChI=1S/C13H18N4/c1-9-6-15-17(8-9)13-12(7-14-4)10(2)5-11(3)16-13/h5-6,8,14H,7H2,1-4H3. The van der Waals surface area contributed by atoms with Crippen molar-refractivity contribution >= 4 is 0 Å². The van der Waals surface area contributed by atoms with E-state index in [1.54, 1.807) is 0 Å². The van der Waals surface area contributed by atoms with Crippen molar-refractivity contribution in [2.24, 2.45) is 0 Å². The second kappa shape index (κ2) is 4.67. The summed E-state index contributed by atoms with van der Waals surface area (Å²) in [6.07, 6.45) is 3.85. The molecule has 0 aliphatic rings. The summed E-state index contributed by atoms with van der Waals surface area (Å²) in [4.78, 5) is 4.60. The van der Waals surface area contributed by atoms with Crippen LogP contribution in [0.15, 0.2) is 18.5 Å². The number of nitrogens with zero attached hydrogens (tertiary/aromatic N) is 3. The van der Waals surface area contributed by atoms with Crippen molar-refractivity contribution in [3.05, 3.63) is 40.8 Å². The van der Waals surface area contributed by atoms with Crippen molar-refractivity contribution in [2.75, 3.05) is 7.05 Å². The molecule has 17 heavy (non-hydrogen) atoms. The van der Waals surface area contributed by atoms with E-state index in [4.69, 9.17) is 0 Å². The fourth-order valence-electron chi connectivity index (χ4n) is 1.96. The van der Waals surface area contributed by atoms with Crippen LogP contribution < -0.4 is 5.32 Å². The summed E-state index contributed by atoms with van der Waals surface area (Å²) in [6.45, 7) is 6.95. The minimum absolute atomic E-state index is 0.799. The van der Waals surface area contributed by atoms with E-state index < -0.39 is 0 Å². The molecule has 90 valence electrons. The fourth-order valence-corrected chi connectivity index (χ4v) is 1.96. The van der Waals surface area contributed by atoms with Crippen LogP contribution in [0.2, 0.25) is 0 Å². The molecule has 0 unspecified atom stereocenters. The van der Waals surface area contributed by atoms with Crippen molar-refractivity contribution in [1.82, 2.24) is 20.1 Å². The van der Waals surface area contributed by atoms with Crippen LogP contribution in [0, 0.1) is 20.8 Å². The predicted octanol–water partition coefficient (Wildman–Crippen LogP) is 1.91. The summed E-state index contributed by atoms with van der Waals surface area (Å²) in [6, 6.07) is 2.10. The fraction of sp³-hybridized carbons (Fsp3) is 0.385. The summed E-state index contributed by atoms with van der Waals surface area (Å²) in [5.74, 6) is 0.921. The number of aromatic nitrogens is 3. The molecule has 0 bridgehead atoms. The van der Waals surface area contributed by atoms with Crippen LogP contribution in [0.4, 0.5) is 0 Å². The van der Waals surface area contributed by atoms with E-state index in [0.717, 1.165) is 23.6 Å². The van der Waals surface area contributed by atoms with Crippen molar-refractivity contribution in [2.45, 2.75) is 27.3 Å². The molecule has 2 aromatic heterocycles. The third kappa shape index (κ3) is 2.36. The van der Waals surface area contributed by atoms with Crippen molar-refractivity contribution in [3.63, 3.8) is 0 Å². The van der Waals surface area contributed by atoms with E-state index in [2.05, 4.69) is 28.4 Å². The second-order valence-electron chi connectivity index (χ2n) is 4.38.